The Morgan fingerprint density at radius 2 is 2.10 bits per heavy atom. The van der Waals surface area contributed by atoms with E-state index in [0.717, 1.165) is 0 Å². The van der Waals surface area contributed by atoms with Crippen molar-refractivity contribution in [1.82, 2.24) is 4.90 Å². The van der Waals surface area contributed by atoms with E-state index in [1.54, 1.807) is 25.3 Å². The summed E-state index contributed by atoms with van der Waals surface area (Å²) in [5.41, 5.74) is 6.87. The molecule has 1 heterocycles. The molecule has 1 aromatic carbocycles. The zero-order valence-electron chi connectivity index (χ0n) is 12.3. The fraction of sp³-hybridized carbons (Fsp3) is 0.500. The van der Waals surface area contributed by atoms with Crippen LogP contribution in [-0.2, 0) is 15.6 Å². The summed E-state index contributed by atoms with van der Waals surface area (Å²) in [7, 11) is 0.800. The number of carbonyl (C=O) groups is 1. The molecule has 0 bridgehead atoms. The van der Waals surface area contributed by atoms with E-state index in [9.17, 15) is 9.00 Å². The van der Waals surface area contributed by atoms with Gasteiger partial charge in [0.05, 0.1) is 18.8 Å². The number of rotatable bonds is 4. The maximum Gasteiger partial charge on any atom is 0.241 e. The number of amides is 1. The summed E-state index contributed by atoms with van der Waals surface area (Å²) in [5.74, 6) is 1.70. The van der Waals surface area contributed by atoms with Crippen molar-refractivity contribution in [2.24, 2.45) is 0 Å². The first-order chi connectivity index (χ1) is 10.0. The van der Waals surface area contributed by atoms with Gasteiger partial charge in [-0.25, -0.2) is 0 Å². The highest BCUT2D eigenvalue weighted by atomic mass is 32.2. The van der Waals surface area contributed by atoms with Crippen molar-refractivity contribution in [3.63, 3.8) is 0 Å². The number of nitrogens with zero attached hydrogens (tertiary/aromatic N) is 1. The van der Waals surface area contributed by atoms with Crippen LogP contribution in [0.15, 0.2) is 18.2 Å². The topological polar surface area (TPSA) is 84.7 Å². The lowest BCUT2D eigenvalue weighted by molar-refractivity contribution is -0.120. The van der Waals surface area contributed by atoms with Crippen LogP contribution in [0.5, 0.6) is 5.75 Å². The second-order valence-corrected chi connectivity index (χ2v) is 6.71. The molecule has 2 rings (SSSR count). The van der Waals surface area contributed by atoms with Gasteiger partial charge in [-0.1, -0.05) is 0 Å². The van der Waals surface area contributed by atoms with E-state index in [1.165, 1.54) is 0 Å². The molecule has 1 aliphatic heterocycles. The minimum Gasteiger partial charge on any atom is -0.495 e. The van der Waals surface area contributed by atoms with Gasteiger partial charge in [-0.3, -0.25) is 13.9 Å². The average Bonchev–Trinajstić information content (AvgIpc) is 2.47. The molecule has 1 amide bonds. The predicted molar refractivity (Wildman–Crippen MR) is 84.9 cm³/mol. The van der Waals surface area contributed by atoms with Crippen LogP contribution in [0.1, 0.15) is 6.92 Å². The molecule has 0 spiro atoms. The van der Waals surface area contributed by atoms with Crippen LogP contribution in [0.25, 0.3) is 0 Å². The Labute approximate surface area is 127 Å². The van der Waals surface area contributed by atoms with E-state index >= 15 is 0 Å². The third kappa shape index (κ3) is 3.95. The number of hydrogen-bond donors (Lipinski definition) is 2. The molecule has 1 fully saturated rings. The normalized spacial score (nSPS) is 18.2. The monoisotopic (exact) mass is 311 g/mol. The minimum absolute atomic E-state index is 0.119. The highest BCUT2D eigenvalue weighted by Gasteiger charge is 2.25. The molecule has 1 atom stereocenters. The fourth-order valence-corrected chi connectivity index (χ4v) is 3.35. The van der Waals surface area contributed by atoms with Gasteiger partial charge in [-0.15, -0.1) is 0 Å². The lowest BCUT2D eigenvalue weighted by Crippen LogP contribution is -2.48. The third-order valence-corrected chi connectivity index (χ3v) is 4.90. The van der Waals surface area contributed by atoms with Crippen molar-refractivity contribution >= 4 is 28.1 Å². The highest BCUT2D eigenvalue weighted by molar-refractivity contribution is 7.85. The smallest absolute Gasteiger partial charge is 0.241 e. The second kappa shape index (κ2) is 6.91. The van der Waals surface area contributed by atoms with E-state index in [1.807, 2.05) is 11.8 Å². The number of nitrogens with two attached hydrogens (primary N) is 1. The number of anilines is 2. The van der Waals surface area contributed by atoms with Crippen LogP contribution in [0.3, 0.4) is 0 Å². The van der Waals surface area contributed by atoms with Gasteiger partial charge in [-0.05, 0) is 25.1 Å². The summed E-state index contributed by atoms with van der Waals surface area (Å²) in [6.45, 7) is 3.20. The van der Waals surface area contributed by atoms with Crippen LogP contribution < -0.4 is 15.8 Å². The lowest BCUT2D eigenvalue weighted by Gasteiger charge is -2.31. The van der Waals surface area contributed by atoms with Crippen molar-refractivity contribution in [3.05, 3.63) is 18.2 Å². The van der Waals surface area contributed by atoms with Crippen LogP contribution in [0, 0.1) is 0 Å². The highest BCUT2D eigenvalue weighted by Crippen LogP contribution is 2.26. The van der Waals surface area contributed by atoms with Gasteiger partial charge < -0.3 is 15.8 Å². The van der Waals surface area contributed by atoms with Gasteiger partial charge in [0.1, 0.15) is 5.75 Å². The molecular formula is C14H21N3O3S. The Hall–Kier alpha value is -1.60. The largest absolute Gasteiger partial charge is 0.495 e. The quantitative estimate of drug-likeness (QED) is 0.798. The third-order valence-electron chi connectivity index (χ3n) is 3.62. The standard InChI is InChI=1S/C14H21N3O3S/c1-10(17-5-7-21(19)8-6-17)14(18)16-12-9-11(15)3-4-13(12)20-2/h3-4,9-10H,5-8,15H2,1-2H3,(H,16,18). The molecule has 0 saturated carbocycles. The van der Waals surface area contributed by atoms with E-state index < -0.39 is 10.8 Å². The Morgan fingerprint density at radius 3 is 2.71 bits per heavy atom. The maximum absolute atomic E-state index is 12.3. The molecule has 3 N–H and O–H groups in total. The number of methoxy groups -OCH3 is 1. The van der Waals surface area contributed by atoms with Crippen molar-refractivity contribution in [2.75, 3.05) is 42.8 Å². The Balaban J connectivity index is 2.03. The average molecular weight is 311 g/mol. The predicted octanol–water partition coefficient (Wildman–Crippen LogP) is 0.669. The van der Waals surface area contributed by atoms with Crippen molar-refractivity contribution in [1.29, 1.82) is 0 Å². The van der Waals surface area contributed by atoms with Crippen molar-refractivity contribution < 1.29 is 13.7 Å². The molecule has 6 nitrogen and oxygen atoms in total. The maximum atomic E-state index is 12.3. The molecule has 116 valence electrons. The lowest BCUT2D eigenvalue weighted by atomic mass is 10.2. The molecule has 7 heteroatoms. The molecule has 21 heavy (non-hydrogen) atoms. The van der Waals surface area contributed by atoms with E-state index in [2.05, 4.69) is 5.32 Å². The van der Waals surface area contributed by atoms with Crippen LogP contribution in [-0.4, -0.2) is 52.8 Å². The van der Waals surface area contributed by atoms with Crippen molar-refractivity contribution in [3.8, 4) is 5.75 Å². The Morgan fingerprint density at radius 1 is 1.43 bits per heavy atom. The summed E-state index contributed by atoms with van der Waals surface area (Å²) >= 11 is 0. The van der Waals surface area contributed by atoms with Crippen molar-refractivity contribution in [2.45, 2.75) is 13.0 Å². The SMILES string of the molecule is COc1ccc(N)cc1NC(=O)C(C)N1CCS(=O)CC1. The first-order valence-corrected chi connectivity index (χ1v) is 8.33. The van der Waals surface area contributed by atoms with Gasteiger partial charge >= 0.3 is 0 Å². The number of ether oxygens (including phenoxy) is 1. The first kappa shape index (κ1) is 15.8. The van der Waals surface area contributed by atoms with Crippen LogP contribution in [0.2, 0.25) is 0 Å². The number of nitrogens with one attached hydrogen (secondary N) is 1. The molecule has 0 aromatic heterocycles. The Bertz CT molecular complexity index is 540. The van der Waals surface area contributed by atoms with Gasteiger partial charge in [-0.2, -0.15) is 0 Å². The first-order valence-electron chi connectivity index (χ1n) is 6.84. The van der Waals surface area contributed by atoms with Gasteiger partial charge in [0.15, 0.2) is 0 Å². The summed E-state index contributed by atoms with van der Waals surface area (Å²) in [5, 5.41) is 2.85. The van der Waals surface area contributed by atoms with E-state index in [-0.39, 0.29) is 11.9 Å². The molecule has 0 radical (unpaired) electrons. The Kier molecular flexibility index (Phi) is 5.19. The number of hydrogen-bond acceptors (Lipinski definition) is 5. The molecule has 1 aromatic rings. The second-order valence-electron chi connectivity index (χ2n) is 5.01. The minimum atomic E-state index is -0.747. The summed E-state index contributed by atoms with van der Waals surface area (Å²) in [4.78, 5) is 14.4. The molecule has 1 saturated heterocycles. The van der Waals surface area contributed by atoms with Gasteiger partial charge in [0, 0.05) is 41.1 Å². The van der Waals surface area contributed by atoms with Gasteiger partial charge in [0.2, 0.25) is 5.91 Å². The number of benzene rings is 1. The fourth-order valence-electron chi connectivity index (χ4n) is 2.27. The van der Waals surface area contributed by atoms with Crippen LogP contribution in [0.4, 0.5) is 11.4 Å². The van der Waals surface area contributed by atoms with E-state index in [4.69, 9.17) is 10.5 Å². The number of carbonyl (C=O) groups excluding carboxylic acids is 1. The zero-order valence-corrected chi connectivity index (χ0v) is 13.1. The summed E-state index contributed by atoms with van der Waals surface area (Å²) < 4.78 is 16.6. The van der Waals surface area contributed by atoms with E-state index in [0.29, 0.717) is 41.7 Å². The molecule has 0 aliphatic carbocycles. The molecule has 1 aliphatic rings. The molecule has 1 unspecified atom stereocenters. The summed E-state index contributed by atoms with van der Waals surface area (Å²) in [6.07, 6.45) is 0. The van der Waals surface area contributed by atoms with Crippen LogP contribution >= 0.6 is 0 Å². The summed E-state index contributed by atoms with van der Waals surface area (Å²) in [6, 6.07) is 4.83. The zero-order chi connectivity index (χ0) is 15.4. The number of nitrogen functional groups attached to an aromatic ring is 1. The molecular weight excluding hydrogens is 290 g/mol. The van der Waals surface area contributed by atoms with Gasteiger partial charge in [0.25, 0.3) is 0 Å².